The number of benzene rings is 1. The van der Waals surface area contributed by atoms with Gasteiger partial charge in [-0.25, -0.2) is 0 Å². The van der Waals surface area contributed by atoms with Crippen LogP contribution in [0.15, 0.2) is 35.3 Å². The summed E-state index contributed by atoms with van der Waals surface area (Å²) in [6.45, 7) is 3.05. The molecule has 1 amide bonds. The minimum atomic E-state index is -4.63. The average Bonchev–Trinajstić information content (AvgIpc) is 2.55. The van der Waals surface area contributed by atoms with Crippen LogP contribution in [0.2, 0.25) is 0 Å². The molecular formula is C17H18F3N3O3S. The van der Waals surface area contributed by atoms with Gasteiger partial charge in [-0.1, -0.05) is 0 Å². The van der Waals surface area contributed by atoms with Crippen LogP contribution < -0.4 is 15.4 Å². The molecule has 6 nitrogen and oxygen atoms in total. The van der Waals surface area contributed by atoms with Crippen molar-refractivity contribution < 1.29 is 27.8 Å². The lowest BCUT2D eigenvalue weighted by Gasteiger charge is -2.23. The van der Waals surface area contributed by atoms with Gasteiger partial charge in [-0.15, -0.1) is 0 Å². The van der Waals surface area contributed by atoms with E-state index in [1.54, 1.807) is 13.8 Å². The maximum Gasteiger partial charge on any atom is 0.420 e. The lowest BCUT2D eigenvalue weighted by Crippen LogP contribution is -2.51. The number of halogens is 3. The summed E-state index contributed by atoms with van der Waals surface area (Å²) in [6.07, 6.45) is -0.984. The zero-order valence-electron chi connectivity index (χ0n) is 14.5. The van der Waals surface area contributed by atoms with Gasteiger partial charge in [0.2, 0.25) is 0 Å². The third-order valence-electron chi connectivity index (χ3n) is 3.42. The number of anilines is 1. The van der Waals surface area contributed by atoms with Crippen molar-refractivity contribution in [3.63, 3.8) is 0 Å². The molecule has 0 aliphatic carbocycles. The van der Waals surface area contributed by atoms with Crippen LogP contribution >= 0.6 is 12.2 Å². The average molecular weight is 401 g/mol. The van der Waals surface area contributed by atoms with Crippen molar-refractivity contribution in [3.05, 3.63) is 35.9 Å². The number of carbonyl (C=O) groups is 1. The molecule has 0 fully saturated rings. The first-order valence-corrected chi connectivity index (χ1v) is 8.32. The summed E-state index contributed by atoms with van der Waals surface area (Å²) >= 11 is 4.94. The molecule has 2 rings (SSSR count). The van der Waals surface area contributed by atoms with Gasteiger partial charge in [0.05, 0.1) is 18.2 Å². The molecule has 0 bridgehead atoms. The van der Waals surface area contributed by atoms with Crippen molar-refractivity contribution >= 4 is 35.1 Å². The van der Waals surface area contributed by atoms with Gasteiger partial charge in [0.25, 0.3) is 5.91 Å². The monoisotopic (exact) mass is 401 g/mol. The summed E-state index contributed by atoms with van der Waals surface area (Å²) < 4.78 is 45.0. The first-order valence-electron chi connectivity index (χ1n) is 7.91. The quantitative estimate of drug-likeness (QED) is 0.676. The van der Waals surface area contributed by atoms with E-state index in [4.69, 9.17) is 17.0 Å². The largest absolute Gasteiger partial charge is 0.490 e. The summed E-state index contributed by atoms with van der Waals surface area (Å²) in [6, 6.07) is 3.34. The zero-order chi connectivity index (χ0) is 20.2. The molecule has 0 saturated heterocycles. The number of carbonyl (C=O) groups excluding carboxylic acids is 1. The number of amides is 1. The number of hydrogen-bond acceptors (Lipinski definition) is 5. The van der Waals surface area contributed by atoms with E-state index in [0.29, 0.717) is 0 Å². The Bertz CT molecular complexity index is 793. The van der Waals surface area contributed by atoms with Gasteiger partial charge < -0.3 is 20.5 Å². The van der Waals surface area contributed by atoms with E-state index in [2.05, 4.69) is 15.6 Å². The molecule has 1 aliphatic heterocycles. The van der Waals surface area contributed by atoms with E-state index < -0.39 is 29.4 Å². The highest BCUT2D eigenvalue weighted by Gasteiger charge is 2.36. The molecule has 27 heavy (non-hydrogen) atoms. The maximum atomic E-state index is 13.3. The molecule has 1 aromatic rings. The second-order valence-corrected chi connectivity index (χ2v) is 6.46. The number of nitrogens with zero attached hydrogens (tertiary/aromatic N) is 1. The molecule has 0 aromatic heterocycles. The number of hydrogen-bond donors (Lipinski definition) is 3. The van der Waals surface area contributed by atoms with Crippen LogP contribution in [-0.4, -0.2) is 40.6 Å². The minimum Gasteiger partial charge on any atom is -0.490 e. The minimum absolute atomic E-state index is 0.00734. The molecule has 3 N–H and O–H groups in total. The Morgan fingerprint density at radius 1 is 1.41 bits per heavy atom. The number of aliphatic imine (C=N–C) groups is 1. The Kier molecular flexibility index (Phi) is 6.22. The van der Waals surface area contributed by atoms with E-state index in [9.17, 15) is 23.1 Å². The normalized spacial score (nSPS) is 19.1. The molecule has 1 unspecified atom stereocenters. The van der Waals surface area contributed by atoms with Gasteiger partial charge in [0.15, 0.2) is 10.7 Å². The molecule has 1 aromatic carbocycles. The lowest BCUT2D eigenvalue weighted by atomic mass is 10.0. The summed E-state index contributed by atoms with van der Waals surface area (Å²) in [5.74, 6) is -1.15. The molecule has 0 radical (unpaired) electrons. The molecule has 1 aliphatic rings. The smallest absolute Gasteiger partial charge is 0.420 e. The van der Waals surface area contributed by atoms with Crippen LogP contribution in [-0.2, 0) is 11.0 Å². The summed E-state index contributed by atoms with van der Waals surface area (Å²) in [4.78, 5) is 15.9. The first-order chi connectivity index (χ1) is 12.5. The van der Waals surface area contributed by atoms with Gasteiger partial charge in [0.1, 0.15) is 5.75 Å². The van der Waals surface area contributed by atoms with Gasteiger partial charge in [-0.05, 0) is 56.4 Å². The van der Waals surface area contributed by atoms with Crippen molar-refractivity contribution in [2.75, 3.05) is 11.9 Å². The molecule has 1 heterocycles. The van der Waals surface area contributed by atoms with Crippen LogP contribution in [0, 0.1) is 0 Å². The van der Waals surface area contributed by atoms with Gasteiger partial charge >= 0.3 is 6.18 Å². The molecular weight excluding hydrogens is 383 g/mol. The first kappa shape index (κ1) is 20.8. The predicted octanol–water partition coefficient (Wildman–Crippen LogP) is 2.68. The molecule has 1 atom stereocenters. The Balaban J connectivity index is 2.12. The van der Waals surface area contributed by atoms with Crippen molar-refractivity contribution in [2.24, 2.45) is 4.99 Å². The Hall–Kier alpha value is -2.46. The number of nitrogens with one attached hydrogen (secondary N) is 2. The van der Waals surface area contributed by atoms with Crippen LogP contribution in [0.5, 0.6) is 5.75 Å². The Morgan fingerprint density at radius 3 is 2.67 bits per heavy atom. The topological polar surface area (TPSA) is 83.0 Å². The van der Waals surface area contributed by atoms with E-state index in [0.717, 1.165) is 6.07 Å². The molecule has 0 spiro atoms. The van der Waals surface area contributed by atoms with Crippen molar-refractivity contribution in [1.82, 2.24) is 5.32 Å². The molecule has 10 heteroatoms. The van der Waals surface area contributed by atoms with E-state index in [-0.39, 0.29) is 23.1 Å². The van der Waals surface area contributed by atoms with E-state index in [1.807, 2.05) is 0 Å². The predicted molar refractivity (Wildman–Crippen MR) is 99.0 cm³/mol. The van der Waals surface area contributed by atoms with Gasteiger partial charge in [0, 0.05) is 11.9 Å². The van der Waals surface area contributed by atoms with Crippen LogP contribution in [0.25, 0.3) is 0 Å². The second-order valence-electron chi connectivity index (χ2n) is 6.06. The third-order valence-corrected chi connectivity index (χ3v) is 3.63. The maximum absolute atomic E-state index is 13.3. The molecule has 146 valence electrons. The summed E-state index contributed by atoms with van der Waals surface area (Å²) in [7, 11) is 0. The van der Waals surface area contributed by atoms with E-state index >= 15 is 0 Å². The lowest BCUT2D eigenvalue weighted by molar-refractivity contribution is -0.139. The summed E-state index contributed by atoms with van der Waals surface area (Å²) in [5.41, 5.74) is -2.83. The second kappa shape index (κ2) is 8.05. The standard InChI is InChI=1S/C17H18F3N3O3S/c1-10(2)26-13-5-4-11(8-12(13)17(18,19)20)22-15(27)23-14(24)16(25)6-3-7-21-9-16/h3-8,10,25H,9H2,1-2H3,(H2,22,23,24,27). The van der Waals surface area contributed by atoms with E-state index in [1.165, 1.54) is 30.5 Å². The fraction of sp³-hybridized carbons (Fsp3) is 0.353. The number of rotatable bonds is 4. The summed E-state index contributed by atoms with van der Waals surface area (Å²) in [5, 5.41) is 14.6. The van der Waals surface area contributed by atoms with Crippen LogP contribution in [0.4, 0.5) is 18.9 Å². The highest BCUT2D eigenvalue weighted by atomic mass is 32.1. The zero-order valence-corrected chi connectivity index (χ0v) is 15.3. The highest BCUT2D eigenvalue weighted by Crippen LogP contribution is 2.38. The van der Waals surface area contributed by atoms with Crippen LogP contribution in [0.1, 0.15) is 19.4 Å². The van der Waals surface area contributed by atoms with Crippen molar-refractivity contribution in [3.8, 4) is 5.75 Å². The number of allylic oxidation sites excluding steroid dienone is 1. The third kappa shape index (κ3) is 5.51. The number of aliphatic hydroxyl groups is 1. The number of alkyl halides is 3. The Labute approximate surface area is 159 Å². The Morgan fingerprint density at radius 2 is 2.11 bits per heavy atom. The number of dihydropyridines is 1. The van der Waals surface area contributed by atoms with Crippen molar-refractivity contribution in [2.45, 2.75) is 31.7 Å². The van der Waals surface area contributed by atoms with Gasteiger partial charge in [-0.2, -0.15) is 13.2 Å². The number of thiocarbonyl (C=S) groups is 1. The van der Waals surface area contributed by atoms with Crippen LogP contribution in [0.3, 0.4) is 0 Å². The SMILES string of the molecule is CC(C)Oc1ccc(NC(=S)NC(=O)C2(O)C=CC=NC2)cc1C(F)(F)F. The number of ether oxygens (including phenoxy) is 1. The van der Waals surface area contributed by atoms with Gasteiger partial charge in [-0.3, -0.25) is 9.79 Å². The van der Waals surface area contributed by atoms with Crippen molar-refractivity contribution in [1.29, 1.82) is 0 Å². The highest BCUT2D eigenvalue weighted by molar-refractivity contribution is 7.80. The fourth-order valence-electron chi connectivity index (χ4n) is 2.21. The molecule has 0 saturated carbocycles. The fourth-order valence-corrected chi connectivity index (χ4v) is 2.43.